The molecule has 132 valence electrons. The van der Waals surface area contributed by atoms with E-state index in [9.17, 15) is 4.79 Å². The van der Waals surface area contributed by atoms with E-state index in [0.717, 1.165) is 58.5 Å². The molecule has 0 spiro atoms. The molecule has 0 aromatic carbocycles. The second kappa shape index (κ2) is 10.1. The zero-order valence-electron chi connectivity index (χ0n) is 15.1. The maximum Gasteiger partial charge on any atom is 0.223 e. The van der Waals surface area contributed by atoms with Crippen LogP contribution in [0.2, 0.25) is 0 Å². The number of hydrogen-bond acceptors (Lipinski definition) is 3. The molecule has 1 saturated heterocycles. The highest BCUT2D eigenvalue weighted by Crippen LogP contribution is 2.23. The number of hydrogen-bond donors (Lipinski definition) is 1. The summed E-state index contributed by atoms with van der Waals surface area (Å²) in [5, 5.41) is 3.15. The first kappa shape index (κ1) is 18.5. The fraction of sp³-hybridized carbons (Fsp3) is 0.842. The van der Waals surface area contributed by atoms with Crippen LogP contribution >= 0.6 is 0 Å². The minimum absolute atomic E-state index is 0.229. The Morgan fingerprint density at radius 2 is 1.96 bits per heavy atom. The van der Waals surface area contributed by atoms with Crippen LogP contribution in [-0.2, 0) is 4.79 Å². The molecule has 0 radical (unpaired) electrons. The zero-order valence-corrected chi connectivity index (χ0v) is 15.1. The van der Waals surface area contributed by atoms with E-state index >= 15 is 0 Å². The van der Waals surface area contributed by atoms with Crippen LogP contribution in [0, 0.1) is 5.92 Å². The third kappa shape index (κ3) is 5.92. The molecule has 0 unspecified atom stereocenters. The summed E-state index contributed by atoms with van der Waals surface area (Å²) in [6.07, 6.45) is 11.6. The van der Waals surface area contributed by atoms with E-state index in [0.29, 0.717) is 6.04 Å². The summed E-state index contributed by atoms with van der Waals surface area (Å²) >= 11 is 0. The fourth-order valence-corrected chi connectivity index (χ4v) is 3.79. The van der Waals surface area contributed by atoms with Crippen LogP contribution in [-0.4, -0.2) is 61.0 Å². The lowest BCUT2D eigenvalue weighted by molar-refractivity contribution is -0.126. The SMILES string of the molecule is CCN(CC)CCCNC(=O)C1CCN([C@H]2C=CCCC2)CC1. The zero-order chi connectivity index (χ0) is 16.5. The number of nitrogens with zero attached hydrogens (tertiary/aromatic N) is 2. The molecule has 0 bridgehead atoms. The van der Waals surface area contributed by atoms with E-state index in [2.05, 4.69) is 41.1 Å². The van der Waals surface area contributed by atoms with Gasteiger partial charge in [0.2, 0.25) is 5.91 Å². The van der Waals surface area contributed by atoms with Gasteiger partial charge in [0.1, 0.15) is 0 Å². The van der Waals surface area contributed by atoms with Crippen molar-refractivity contribution < 1.29 is 4.79 Å². The van der Waals surface area contributed by atoms with Crippen molar-refractivity contribution in [3.8, 4) is 0 Å². The minimum atomic E-state index is 0.229. The van der Waals surface area contributed by atoms with Gasteiger partial charge < -0.3 is 10.2 Å². The van der Waals surface area contributed by atoms with Crippen LogP contribution in [0.3, 0.4) is 0 Å². The summed E-state index contributed by atoms with van der Waals surface area (Å²) in [5.74, 6) is 0.510. The summed E-state index contributed by atoms with van der Waals surface area (Å²) in [6, 6.07) is 0.627. The summed E-state index contributed by atoms with van der Waals surface area (Å²) in [6.45, 7) is 10.6. The first-order chi connectivity index (χ1) is 11.2. The molecule has 0 saturated carbocycles. The summed E-state index contributed by atoms with van der Waals surface area (Å²) in [4.78, 5) is 17.3. The van der Waals surface area contributed by atoms with Crippen molar-refractivity contribution in [3.05, 3.63) is 12.2 Å². The van der Waals surface area contributed by atoms with E-state index in [-0.39, 0.29) is 11.8 Å². The average Bonchev–Trinajstić information content (AvgIpc) is 2.62. The predicted molar refractivity (Wildman–Crippen MR) is 96.5 cm³/mol. The molecule has 1 N–H and O–H groups in total. The monoisotopic (exact) mass is 321 g/mol. The Morgan fingerprint density at radius 3 is 2.57 bits per heavy atom. The smallest absolute Gasteiger partial charge is 0.223 e. The lowest BCUT2D eigenvalue weighted by Crippen LogP contribution is -2.45. The van der Waals surface area contributed by atoms with E-state index in [4.69, 9.17) is 0 Å². The van der Waals surface area contributed by atoms with Gasteiger partial charge in [-0.3, -0.25) is 9.69 Å². The van der Waals surface area contributed by atoms with Crippen molar-refractivity contribution in [2.75, 3.05) is 39.3 Å². The molecular weight excluding hydrogens is 286 g/mol. The fourth-order valence-electron chi connectivity index (χ4n) is 3.79. The predicted octanol–water partition coefficient (Wildman–Crippen LogP) is 2.66. The minimum Gasteiger partial charge on any atom is -0.356 e. The molecule has 0 aromatic rings. The maximum atomic E-state index is 12.3. The maximum absolute atomic E-state index is 12.3. The van der Waals surface area contributed by atoms with Crippen LogP contribution < -0.4 is 5.32 Å². The Hall–Kier alpha value is -0.870. The van der Waals surface area contributed by atoms with Gasteiger partial charge in [-0.1, -0.05) is 26.0 Å². The third-order valence-electron chi connectivity index (χ3n) is 5.44. The van der Waals surface area contributed by atoms with E-state index in [1.807, 2.05) is 0 Å². The van der Waals surface area contributed by atoms with Crippen LogP contribution in [0.15, 0.2) is 12.2 Å². The molecule has 1 atom stereocenters. The molecule has 1 aliphatic heterocycles. The highest BCUT2D eigenvalue weighted by molar-refractivity contribution is 5.78. The number of rotatable bonds is 8. The third-order valence-corrected chi connectivity index (χ3v) is 5.44. The molecule has 4 heteroatoms. The van der Waals surface area contributed by atoms with Crippen molar-refractivity contribution in [3.63, 3.8) is 0 Å². The highest BCUT2D eigenvalue weighted by Gasteiger charge is 2.27. The standard InChI is InChI=1S/C19H35N3O/c1-3-21(4-2)14-8-13-20-19(23)17-11-15-22(16-12-17)18-9-6-5-7-10-18/h6,9,17-18H,3-5,7-8,10-16H2,1-2H3,(H,20,23)/t18-/m0/s1. The molecule has 2 aliphatic rings. The first-order valence-electron chi connectivity index (χ1n) is 9.65. The number of piperidine rings is 1. The molecule has 23 heavy (non-hydrogen) atoms. The number of likely N-dealkylation sites (tertiary alicyclic amines) is 1. The molecular formula is C19H35N3O. The Labute approximate surface area is 142 Å². The van der Waals surface area contributed by atoms with Gasteiger partial charge in [0.25, 0.3) is 0 Å². The largest absolute Gasteiger partial charge is 0.356 e. The lowest BCUT2D eigenvalue weighted by atomic mass is 9.92. The normalized spacial score (nSPS) is 23.3. The number of amides is 1. The van der Waals surface area contributed by atoms with Gasteiger partial charge in [0.05, 0.1) is 0 Å². The Balaban J connectivity index is 1.61. The van der Waals surface area contributed by atoms with Gasteiger partial charge in [-0.15, -0.1) is 0 Å². The van der Waals surface area contributed by atoms with E-state index in [1.54, 1.807) is 0 Å². The Kier molecular flexibility index (Phi) is 8.10. The van der Waals surface area contributed by atoms with Crippen LogP contribution in [0.25, 0.3) is 0 Å². The van der Waals surface area contributed by atoms with Crippen molar-refractivity contribution in [1.29, 1.82) is 0 Å². The summed E-state index contributed by atoms with van der Waals surface area (Å²) in [7, 11) is 0. The molecule has 2 rings (SSSR count). The van der Waals surface area contributed by atoms with Crippen LogP contribution in [0.1, 0.15) is 52.4 Å². The average molecular weight is 322 g/mol. The van der Waals surface area contributed by atoms with E-state index < -0.39 is 0 Å². The topological polar surface area (TPSA) is 35.6 Å². The molecule has 1 amide bonds. The molecule has 4 nitrogen and oxygen atoms in total. The summed E-state index contributed by atoms with van der Waals surface area (Å²) in [5.41, 5.74) is 0. The second-order valence-corrected chi connectivity index (χ2v) is 6.91. The van der Waals surface area contributed by atoms with Gasteiger partial charge in [0.15, 0.2) is 0 Å². The lowest BCUT2D eigenvalue weighted by Gasteiger charge is -2.37. The second-order valence-electron chi connectivity index (χ2n) is 6.91. The molecule has 1 fully saturated rings. The van der Waals surface area contributed by atoms with Crippen molar-refractivity contribution in [2.45, 2.75) is 58.4 Å². The van der Waals surface area contributed by atoms with E-state index in [1.165, 1.54) is 19.3 Å². The first-order valence-corrected chi connectivity index (χ1v) is 9.65. The van der Waals surface area contributed by atoms with Gasteiger partial charge in [-0.2, -0.15) is 0 Å². The van der Waals surface area contributed by atoms with Crippen LogP contribution in [0.4, 0.5) is 0 Å². The Morgan fingerprint density at radius 1 is 1.22 bits per heavy atom. The number of carbonyl (C=O) groups excluding carboxylic acids is 1. The highest BCUT2D eigenvalue weighted by atomic mass is 16.1. The quantitative estimate of drug-likeness (QED) is 0.551. The van der Waals surface area contributed by atoms with Gasteiger partial charge in [-0.25, -0.2) is 0 Å². The van der Waals surface area contributed by atoms with Crippen LogP contribution in [0.5, 0.6) is 0 Å². The van der Waals surface area contributed by atoms with Crippen molar-refractivity contribution in [2.24, 2.45) is 5.92 Å². The number of allylic oxidation sites excluding steroid dienone is 1. The van der Waals surface area contributed by atoms with Gasteiger partial charge >= 0.3 is 0 Å². The van der Waals surface area contributed by atoms with Crippen molar-refractivity contribution >= 4 is 5.91 Å². The molecule has 1 heterocycles. The number of carbonyl (C=O) groups is 1. The Bertz CT molecular complexity index is 371. The van der Waals surface area contributed by atoms with Crippen molar-refractivity contribution in [1.82, 2.24) is 15.1 Å². The summed E-state index contributed by atoms with van der Waals surface area (Å²) < 4.78 is 0. The number of nitrogens with one attached hydrogen (secondary N) is 1. The van der Waals surface area contributed by atoms with Gasteiger partial charge in [0, 0.05) is 18.5 Å². The molecule has 1 aliphatic carbocycles. The van der Waals surface area contributed by atoms with Gasteiger partial charge in [-0.05, 0) is 71.2 Å². The molecule has 0 aromatic heterocycles.